The van der Waals surface area contributed by atoms with E-state index >= 15 is 0 Å². The number of hydrogen-bond acceptors (Lipinski definition) is 3. The number of ether oxygens (including phenoxy) is 1. The average molecular weight is 391 g/mol. The Morgan fingerprint density at radius 1 is 1.08 bits per heavy atom. The van der Waals surface area contributed by atoms with Gasteiger partial charge in [0, 0.05) is 17.2 Å². The van der Waals surface area contributed by atoms with Crippen LogP contribution >= 0.6 is 15.9 Å². The van der Waals surface area contributed by atoms with E-state index in [1.165, 1.54) is 0 Å². The van der Waals surface area contributed by atoms with Gasteiger partial charge in [-0.15, -0.1) is 0 Å². The molecule has 0 spiro atoms. The van der Waals surface area contributed by atoms with Crippen molar-refractivity contribution in [3.8, 4) is 5.75 Å². The van der Waals surface area contributed by atoms with Crippen molar-refractivity contribution < 1.29 is 14.3 Å². The first kappa shape index (κ1) is 18.0. The van der Waals surface area contributed by atoms with E-state index in [1.54, 1.807) is 25.2 Å². The number of halogens is 1. The van der Waals surface area contributed by atoms with Gasteiger partial charge in [-0.2, -0.15) is 0 Å². The van der Waals surface area contributed by atoms with Crippen LogP contribution in [-0.4, -0.2) is 25.5 Å². The number of carbonyl (C=O) groups is 2. The molecule has 6 heteroatoms. The molecule has 5 nitrogen and oxygen atoms in total. The molecule has 0 fully saturated rings. The zero-order chi connectivity index (χ0) is 17.5. The number of aryl methyl sites for hydroxylation is 1. The predicted octanol–water partition coefficient (Wildman–Crippen LogP) is 3.06. The lowest BCUT2D eigenvalue weighted by Crippen LogP contribution is -2.21. The normalized spacial score (nSPS) is 10.1. The fourth-order valence-corrected chi connectivity index (χ4v) is 2.28. The number of rotatable bonds is 6. The van der Waals surface area contributed by atoms with Crippen LogP contribution in [0.15, 0.2) is 46.9 Å². The zero-order valence-electron chi connectivity index (χ0n) is 13.6. The minimum atomic E-state index is -0.241. The number of likely N-dealkylation sites (N-methyl/N-ethyl adjacent to an activating group) is 1. The molecule has 2 aromatic carbocycles. The molecule has 0 aliphatic rings. The summed E-state index contributed by atoms with van der Waals surface area (Å²) in [5.41, 5.74) is 2.59. The summed E-state index contributed by atoms with van der Waals surface area (Å²) in [6, 6.07) is 12.7. The molecule has 24 heavy (non-hydrogen) atoms. The highest BCUT2D eigenvalue weighted by atomic mass is 79.9. The van der Waals surface area contributed by atoms with Gasteiger partial charge in [-0.3, -0.25) is 9.59 Å². The molecule has 0 aliphatic heterocycles. The van der Waals surface area contributed by atoms with Crippen molar-refractivity contribution in [2.45, 2.75) is 13.3 Å². The standard InChI is InChI=1S/C18H19BrN2O3/c1-12-9-15(7-8-16(12)19)24-11-18(23)21-14-5-3-13(4-6-14)10-17(22)20-2/h3-9H,10-11H2,1-2H3,(H,20,22)(H,21,23). The van der Waals surface area contributed by atoms with E-state index in [0.717, 1.165) is 15.6 Å². The molecule has 0 aromatic heterocycles. The van der Waals surface area contributed by atoms with Gasteiger partial charge in [0.25, 0.3) is 5.91 Å². The molecular weight excluding hydrogens is 372 g/mol. The number of anilines is 1. The second-order valence-corrected chi connectivity index (χ2v) is 6.15. The quantitative estimate of drug-likeness (QED) is 0.796. The maximum Gasteiger partial charge on any atom is 0.262 e. The number of amides is 2. The molecular formula is C18H19BrN2O3. The van der Waals surface area contributed by atoms with Crippen molar-refractivity contribution in [1.82, 2.24) is 5.32 Å². The van der Waals surface area contributed by atoms with Gasteiger partial charge in [-0.25, -0.2) is 0 Å². The lowest BCUT2D eigenvalue weighted by Gasteiger charge is -2.09. The van der Waals surface area contributed by atoms with Crippen LogP contribution in [0.2, 0.25) is 0 Å². The van der Waals surface area contributed by atoms with Gasteiger partial charge < -0.3 is 15.4 Å². The maximum atomic E-state index is 11.9. The summed E-state index contributed by atoms with van der Waals surface area (Å²) in [6.45, 7) is 1.89. The molecule has 126 valence electrons. The highest BCUT2D eigenvalue weighted by Gasteiger charge is 2.06. The van der Waals surface area contributed by atoms with Crippen LogP contribution in [0.25, 0.3) is 0 Å². The zero-order valence-corrected chi connectivity index (χ0v) is 15.1. The Hall–Kier alpha value is -2.34. The Morgan fingerprint density at radius 2 is 1.79 bits per heavy atom. The van der Waals surface area contributed by atoms with Gasteiger partial charge in [-0.1, -0.05) is 28.1 Å². The highest BCUT2D eigenvalue weighted by molar-refractivity contribution is 9.10. The van der Waals surface area contributed by atoms with Gasteiger partial charge in [0.1, 0.15) is 5.75 Å². The van der Waals surface area contributed by atoms with Crippen molar-refractivity contribution in [3.63, 3.8) is 0 Å². The monoisotopic (exact) mass is 390 g/mol. The lowest BCUT2D eigenvalue weighted by atomic mass is 10.1. The summed E-state index contributed by atoms with van der Waals surface area (Å²) in [7, 11) is 1.60. The molecule has 0 saturated carbocycles. The third-order valence-corrected chi connectivity index (χ3v) is 4.27. The van der Waals surface area contributed by atoms with Gasteiger partial charge in [-0.05, 0) is 48.4 Å². The van der Waals surface area contributed by atoms with Crippen LogP contribution in [0, 0.1) is 6.92 Å². The van der Waals surface area contributed by atoms with Crippen molar-refractivity contribution >= 4 is 33.4 Å². The Balaban J connectivity index is 1.85. The summed E-state index contributed by atoms with van der Waals surface area (Å²) >= 11 is 3.42. The second-order valence-electron chi connectivity index (χ2n) is 5.29. The van der Waals surface area contributed by atoms with Crippen molar-refractivity contribution in [2.24, 2.45) is 0 Å². The molecule has 0 radical (unpaired) electrons. The molecule has 2 aromatic rings. The number of nitrogens with one attached hydrogen (secondary N) is 2. The van der Waals surface area contributed by atoms with Crippen molar-refractivity contribution in [3.05, 3.63) is 58.1 Å². The van der Waals surface area contributed by atoms with Crippen LogP contribution in [0.5, 0.6) is 5.75 Å². The number of carbonyl (C=O) groups excluding carboxylic acids is 2. The molecule has 0 saturated heterocycles. The largest absolute Gasteiger partial charge is 0.484 e. The second kappa shape index (κ2) is 8.49. The summed E-state index contributed by atoms with van der Waals surface area (Å²) < 4.78 is 6.48. The van der Waals surface area contributed by atoms with E-state index in [0.29, 0.717) is 17.9 Å². The summed E-state index contributed by atoms with van der Waals surface area (Å²) in [4.78, 5) is 23.2. The molecule has 2 amide bonds. The SMILES string of the molecule is CNC(=O)Cc1ccc(NC(=O)COc2ccc(Br)c(C)c2)cc1. The van der Waals surface area contributed by atoms with Crippen LogP contribution < -0.4 is 15.4 Å². The molecule has 0 aliphatic carbocycles. The highest BCUT2D eigenvalue weighted by Crippen LogP contribution is 2.21. The maximum absolute atomic E-state index is 11.9. The van der Waals surface area contributed by atoms with Gasteiger partial charge >= 0.3 is 0 Å². The smallest absolute Gasteiger partial charge is 0.262 e. The fourth-order valence-electron chi connectivity index (χ4n) is 2.03. The first-order chi connectivity index (χ1) is 11.5. The predicted molar refractivity (Wildman–Crippen MR) is 97.2 cm³/mol. The van der Waals surface area contributed by atoms with Crippen LogP contribution in [0.1, 0.15) is 11.1 Å². The molecule has 0 atom stereocenters. The van der Waals surface area contributed by atoms with E-state index < -0.39 is 0 Å². The Labute approximate surface area is 149 Å². The summed E-state index contributed by atoms with van der Waals surface area (Å²) in [5, 5.41) is 5.33. The van der Waals surface area contributed by atoms with E-state index in [4.69, 9.17) is 4.74 Å². The van der Waals surface area contributed by atoms with Gasteiger partial charge in [0.05, 0.1) is 6.42 Å². The number of benzene rings is 2. The van der Waals surface area contributed by atoms with E-state index in [2.05, 4.69) is 26.6 Å². The summed E-state index contributed by atoms with van der Waals surface area (Å²) in [6.07, 6.45) is 0.316. The van der Waals surface area contributed by atoms with Gasteiger partial charge in [0.2, 0.25) is 5.91 Å². The third-order valence-electron chi connectivity index (χ3n) is 3.38. The third kappa shape index (κ3) is 5.38. The molecule has 0 heterocycles. The van der Waals surface area contributed by atoms with Crippen LogP contribution in [0.4, 0.5) is 5.69 Å². The van der Waals surface area contributed by atoms with Crippen molar-refractivity contribution in [1.29, 1.82) is 0 Å². The minimum absolute atomic E-state index is 0.0509. The Bertz CT molecular complexity index is 730. The minimum Gasteiger partial charge on any atom is -0.484 e. The van der Waals surface area contributed by atoms with E-state index in [9.17, 15) is 9.59 Å². The van der Waals surface area contributed by atoms with Crippen LogP contribution in [0.3, 0.4) is 0 Å². The fraction of sp³-hybridized carbons (Fsp3) is 0.222. The average Bonchev–Trinajstić information content (AvgIpc) is 2.57. The van der Waals surface area contributed by atoms with Crippen LogP contribution in [-0.2, 0) is 16.0 Å². The molecule has 2 rings (SSSR count). The molecule has 0 bridgehead atoms. The van der Waals surface area contributed by atoms with E-state index in [-0.39, 0.29) is 18.4 Å². The number of hydrogen-bond donors (Lipinski definition) is 2. The van der Waals surface area contributed by atoms with E-state index in [1.807, 2.05) is 31.2 Å². The molecule has 2 N–H and O–H groups in total. The first-order valence-electron chi connectivity index (χ1n) is 7.46. The topological polar surface area (TPSA) is 67.4 Å². The summed E-state index contributed by atoms with van der Waals surface area (Å²) in [5.74, 6) is 0.353. The Morgan fingerprint density at radius 3 is 2.42 bits per heavy atom. The van der Waals surface area contributed by atoms with Crippen molar-refractivity contribution in [2.75, 3.05) is 19.0 Å². The van der Waals surface area contributed by atoms with Gasteiger partial charge in [0.15, 0.2) is 6.61 Å². The Kier molecular flexibility index (Phi) is 6.37. The first-order valence-corrected chi connectivity index (χ1v) is 8.25. The lowest BCUT2D eigenvalue weighted by molar-refractivity contribution is -0.120. The molecule has 0 unspecified atom stereocenters.